The number of hydrogen-bond acceptors (Lipinski definition) is 7. The van der Waals surface area contributed by atoms with Gasteiger partial charge in [-0.25, -0.2) is 0 Å². The number of aromatic hydroxyl groups is 1. The summed E-state index contributed by atoms with van der Waals surface area (Å²) in [6.45, 7) is 0. The van der Waals surface area contributed by atoms with E-state index in [1.165, 1.54) is 29.9 Å². The number of phenols is 1. The molecule has 3 N–H and O–H groups in total. The SMILES string of the molecule is N=C(CC(NC(=O)c1ccc(-c2ccccn2)s1)c1ccccc1O)c1cnccn1. The Labute approximate surface area is 183 Å². The first-order valence-corrected chi connectivity index (χ1v) is 10.4. The summed E-state index contributed by atoms with van der Waals surface area (Å²) < 4.78 is 0. The molecule has 31 heavy (non-hydrogen) atoms. The van der Waals surface area contributed by atoms with E-state index in [9.17, 15) is 9.90 Å². The molecule has 3 aromatic heterocycles. The molecule has 0 bridgehead atoms. The number of hydrogen-bond donors (Lipinski definition) is 3. The van der Waals surface area contributed by atoms with E-state index in [4.69, 9.17) is 5.41 Å². The molecule has 1 aromatic carbocycles. The van der Waals surface area contributed by atoms with Crippen molar-refractivity contribution in [2.24, 2.45) is 0 Å². The molecule has 0 fully saturated rings. The van der Waals surface area contributed by atoms with Crippen LogP contribution in [0.25, 0.3) is 10.6 Å². The van der Waals surface area contributed by atoms with Gasteiger partial charge in [0, 0.05) is 30.6 Å². The van der Waals surface area contributed by atoms with Gasteiger partial charge in [0.25, 0.3) is 5.91 Å². The van der Waals surface area contributed by atoms with Crippen LogP contribution in [-0.2, 0) is 0 Å². The van der Waals surface area contributed by atoms with Gasteiger partial charge in [-0.1, -0.05) is 24.3 Å². The van der Waals surface area contributed by atoms with Crippen LogP contribution in [0, 0.1) is 5.41 Å². The van der Waals surface area contributed by atoms with Gasteiger partial charge in [-0.15, -0.1) is 11.3 Å². The number of thiophene rings is 1. The van der Waals surface area contributed by atoms with Crippen LogP contribution < -0.4 is 5.32 Å². The predicted molar refractivity (Wildman–Crippen MR) is 119 cm³/mol. The van der Waals surface area contributed by atoms with Crippen molar-refractivity contribution in [2.45, 2.75) is 12.5 Å². The minimum Gasteiger partial charge on any atom is -0.508 e. The number of nitrogens with zero attached hydrogens (tertiary/aromatic N) is 3. The highest BCUT2D eigenvalue weighted by Crippen LogP contribution is 2.30. The molecule has 8 heteroatoms. The van der Waals surface area contributed by atoms with Crippen molar-refractivity contribution < 1.29 is 9.90 Å². The maximum atomic E-state index is 13.0. The van der Waals surface area contributed by atoms with Crippen molar-refractivity contribution >= 4 is 23.0 Å². The number of aromatic nitrogens is 3. The number of carbonyl (C=O) groups is 1. The topological polar surface area (TPSA) is 112 Å². The van der Waals surface area contributed by atoms with E-state index >= 15 is 0 Å². The summed E-state index contributed by atoms with van der Waals surface area (Å²) in [6.07, 6.45) is 6.42. The van der Waals surface area contributed by atoms with Crippen molar-refractivity contribution in [3.63, 3.8) is 0 Å². The minimum atomic E-state index is -0.608. The molecule has 4 rings (SSSR count). The van der Waals surface area contributed by atoms with E-state index in [1.807, 2.05) is 24.3 Å². The Morgan fingerprint density at radius 1 is 1.03 bits per heavy atom. The molecule has 3 heterocycles. The zero-order valence-electron chi connectivity index (χ0n) is 16.4. The van der Waals surface area contributed by atoms with Crippen LogP contribution in [-0.4, -0.2) is 31.7 Å². The normalized spacial score (nSPS) is 11.6. The Morgan fingerprint density at radius 2 is 1.87 bits per heavy atom. The Kier molecular flexibility index (Phi) is 6.09. The third-order valence-corrected chi connectivity index (χ3v) is 5.75. The summed E-state index contributed by atoms with van der Waals surface area (Å²) in [5, 5.41) is 21.7. The molecule has 1 atom stereocenters. The lowest BCUT2D eigenvalue weighted by molar-refractivity contribution is 0.0941. The number of nitrogens with one attached hydrogen (secondary N) is 2. The van der Waals surface area contributed by atoms with E-state index in [0.29, 0.717) is 16.1 Å². The van der Waals surface area contributed by atoms with Crippen LogP contribution in [0.5, 0.6) is 5.75 Å². The van der Waals surface area contributed by atoms with Crippen LogP contribution in [0.3, 0.4) is 0 Å². The van der Waals surface area contributed by atoms with Gasteiger partial charge in [0.1, 0.15) is 11.4 Å². The van der Waals surface area contributed by atoms with Crippen LogP contribution in [0.2, 0.25) is 0 Å². The quantitative estimate of drug-likeness (QED) is 0.381. The molecule has 0 aliphatic carbocycles. The fourth-order valence-electron chi connectivity index (χ4n) is 3.12. The fraction of sp³-hybridized carbons (Fsp3) is 0.0870. The van der Waals surface area contributed by atoms with E-state index in [0.717, 1.165) is 10.6 Å². The van der Waals surface area contributed by atoms with Crippen LogP contribution in [0.4, 0.5) is 0 Å². The molecule has 0 aliphatic heterocycles. The van der Waals surface area contributed by atoms with E-state index in [1.54, 1.807) is 36.5 Å². The molecule has 1 amide bonds. The van der Waals surface area contributed by atoms with Gasteiger partial charge in [-0.2, -0.15) is 0 Å². The summed E-state index contributed by atoms with van der Waals surface area (Å²) in [7, 11) is 0. The van der Waals surface area contributed by atoms with Gasteiger partial charge in [0.05, 0.1) is 33.4 Å². The highest BCUT2D eigenvalue weighted by atomic mass is 32.1. The van der Waals surface area contributed by atoms with Crippen LogP contribution in [0.1, 0.15) is 33.4 Å². The predicted octanol–water partition coefficient (Wildman–Crippen LogP) is 4.23. The molecule has 1 unspecified atom stereocenters. The number of para-hydroxylation sites is 1. The average molecular weight is 430 g/mol. The summed E-state index contributed by atoms with van der Waals surface area (Å²) in [5.74, 6) is -0.229. The molecular weight excluding hydrogens is 410 g/mol. The second kappa shape index (κ2) is 9.27. The minimum absolute atomic E-state index is 0.0556. The lowest BCUT2D eigenvalue weighted by atomic mass is 9.98. The van der Waals surface area contributed by atoms with Crippen molar-refractivity contribution in [1.82, 2.24) is 20.3 Å². The largest absolute Gasteiger partial charge is 0.508 e. The standard InChI is InChI=1S/C23H19N5O2S/c24-16(19-14-25-11-12-27-19)13-18(15-5-1-2-7-20(15)29)28-23(30)22-9-8-21(31-22)17-6-3-4-10-26-17/h1-12,14,18,24,29H,13H2,(H,28,30). The first-order valence-electron chi connectivity index (χ1n) is 9.55. The first kappa shape index (κ1) is 20.4. The molecule has 154 valence electrons. The number of phenolic OH excluding ortho intramolecular Hbond substituents is 1. The van der Waals surface area contributed by atoms with Crippen LogP contribution >= 0.6 is 11.3 Å². The Bertz CT molecular complexity index is 1190. The monoisotopic (exact) mass is 429 g/mol. The van der Waals surface area contributed by atoms with Gasteiger partial charge in [-0.3, -0.25) is 19.7 Å². The highest BCUT2D eigenvalue weighted by molar-refractivity contribution is 7.17. The first-order chi connectivity index (χ1) is 15.1. The number of carbonyl (C=O) groups excluding carboxylic acids is 1. The number of rotatable bonds is 7. The molecular formula is C23H19N5O2S. The molecule has 0 radical (unpaired) electrons. The maximum absolute atomic E-state index is 13.0. The van der Waals surface area contributed by atoms with Gasteiger partial charge in [-0.05, 0) is 30.3 Å². The Hall–Kier alpha value is -3.91. The third-order valence-electron chi connectivity index (χ3n) is 4.65. The lowest BCUT2D eigenvalue weighted by Crippen LogP contribution is -2.30. The van der Waals surface area contributed by atoms with E-state index in [2.05, 4.69) is 20.3 Å². The summed E-state index contributed by atoms with van der Waals surface area (Å²) in [5.41, 5.74) is 1.96. The molecule has 7 nitrogen and oxygen atoms in total. The van der Waals surface area contributed by atoms with Gasteiger partial charge < -0.3 is 15.8 Å². The molecule has 0 aliphatic rings. The number of amides is 1. The second-order valence-corrected chi connectivity index (χ2v) is 7.82. The maximum Gasteiger partial charge on any atom is 0.261 e. The van der Waals surface area contributed by atoms with E-state index < -0.39 is 6.04 Å². The van der Waals surface area contributed by atoms with Crippen molar-refractivity contribution in [3.05, 3.63) is 95.5 Å². The molecule has 4 aromatic rings. The Morgan fingerprint density at radius 3 is 2.61 bits per heavy atom. The Balaban J connectivity index is 1.57. The number of benzene rings is 1. The molecule has 0 saturated carbocycles. The average Bonchev–Trinajstić information content (AvgIpc) is 3.31. The smallest absolute Gasteiger partial charge is 0.261 e. The van der Waals surface area contributed by atoms with Gasteiger partial charge >= 0.3 is 0 Å². The van der Waals surface area contributed by atoms with Crippen molar-refractivity contribution in [1.29, 1.82) is 5.41 Å². The van der Waals surface area contributed by atoms with Gasteiger partial charge in [0.2, 0.25) is 0 Å². The summed E-state index contributed by atoms with van der Waals surface area (Å²) in [6, 6.07) is 15.4. The van der Waals surface area contributed by atoms with E-state index in [-0.39, 0.29) is 23.8 Å². The van der Waals surface area contributed by atoms with Gasteiger partial charge in [0.15, 0.2) is 0 Å². The number of pyridine rings is 1. The highest BCUT2D eigenvalue weighted by Gasteiger charge is 2.22. The zero-order valence-corrected chi connectivity index (χ0v) is 17.2. The van der Waals surface area contributed by atoms with Crippen LogP contribution in [0.15, 0.2) is 79.4 Å². The van der Waals surface area contributed by atoms with Crippen molar-refractivity contribution in [3.8, 4) is 16.3 Å². The third kappa shape index (κ3) is 4.81. The molecule has 0 spiro atoms. The molecule has 0 saturated heterocycles. The second-order valence-electron chi connectivity index (χ2n) is 6.74. The lowest BCUT2D eigenvalue weighted by Gasteiger charge is -2.20. The zero-order chi connectivity index (χ0) is 21.6. The van der Waals surface area contributed by atoms with Crippen molar-refractivity contribution in [2.75, 3.05) is 0 Å². The fourth-order valence-corrected chi connectivity index (χ4v) is 4.01. The summed E-state index contributed by atoms with van der Waals surface area (Å²) >= 11 is 1.34. The summed E-state index contributed by atoms with van der Waals surface area (Å²) in [4.78, 5) is 26.9.